The van der Waals surface area contributed by atoms with E-state index in [0.29, 0.717) is 0 Å². The van der Waals surface area contributed by atoms with E-state index in [4.69, 9.17) is 9.84 Å². The van der Waals surface area contributed by atoms with Gasteiger partial charge in [-0.05, 0) is 13.3 Å². The Morgan fingerprint density at radius 1 is 1.67 bits per heavy atom. The van der Waals surface area contributed by atoms with E-state index in [2.05, 4.69) is 13.0 Å². The zero-order valence-corrected chi connectivity index (χ0v) is 8.13. The van der Waals surface area contributed by atoms with Crippen LogP contribution in [0.15, 0.2) is 11.6 Å². The van der Waals surface area contributed by atoms with Gasteiger partial charge >= 0.3 is 0 Å². The summed E-state index contributed by atoms with van der Waals surface area (Å²) in [5, 5.41) is 9.12. The van der Waals surface area contributed by atoms with Gasteiger partial charge in [0.2, 0.25) is 0 Å². The summed E-state index contributed by atoms with van der Waals surface area (Å²) in [5.41, 5.74) is 1.22. The van der Waals surface area contributed by atoms with Gasteiger partial charge in [0.15, 0.2) is 0 Å². The first-order chi connectivity index (χ1) is 5.56. The zero-order chi connectivity index (χ0) is 9.19. The van der Waals surface area contributed by atoms with Gasteiger partial charge in [0, 0.05) is 5.41 Å². The minimum absolute atomic E-state index is 0.0799. The molecule has 1 aliphatic heterocycles. The number of aliphatic hydroxyl groups is 1. The Morgan fingerprint density at radius 2 is 2.33 bits per heavy atom. The van der Waals surface area contributed by atoms with Crippen molar-refractivity contribution in [2.45, 2.75) is 33.3 Å². The predicted molar refractivity (Wildman–Crippen MR) is 49.0 cm³/mol. The smallest absolute Gasteiger partial charge is 0.0831 e. The van der Waals surface area contributed by atoms with Crippen molar-refractivity contribution < 1.29 is 9.84 Å². The molecule has 0 saturated heterocycles. The van der Waals surface area contributed by atoms with Crippen molar-refractivity contribution in [1.82, 2.24) is 0 Å². The average molecular weight is 170 g/mol. The summed E-state index contributed by atoms with van der Waals surface area (Å²) in [6, 6.07) is 0. The maximum absolute atomic E-state index is 9.12. The molecule has 0 fully saturated rings. The molecule has 2 nitrogen and oxygen atoms in total. The van der Waals surface area contributed by atoms with Crippen LogP contribution in [0.4, 0.5) is 0 Å². The lowest BCUT2D eigenvalue weighted by Gasteiger charge is -2.33. The minimum Gasteiger partial charge on any atom is -0.396 e. The molecule has 1 unspecified atom stereocenters. The predicted octanol–water partition coefficient (Wildman–Crippen LogP) is 1.74. The molecule has 0 aromatic heterocycles. The zero-order valence-electron chi connectivity index (χ0n) is 8.13. The fourth-order valence-corrected chi connectivity index (χ4v) is 1.28. The maximum atomic E-state index is 9.12. The van der Waals surface area contributed by atoms with E-state index in [1.807, 2.05) is 13.8 Å². The van der Waals surface area contributed by atoms with E-state index >= 15 is 0 Å². The molecule has 0 aromatic carbocycles. The van der Waals surface area contributed by atoms with E-state index < -0.39 is 0 Å². The quantitative estimate of drug-likeness (QED) is 0.640. The summed E-state index contributed by atoms with van der Waals surface area (Å²) in [6.45, 7) is 7.11. The molecule has 1 rings (SSSR count). The van der Waals surface area contributed by atoms with E-state index in [1.165, 1.54) is 5.57 Å². The summed E-state index contributed by atoms with van der Waals surface area (Å²) < 4.78 is 5.57. The third-order valence-corrected chi connectivity index (χ3v) is 2.41. The Hall–Kier alpha value is -0.340. The number of ether oxygens (including phenoxy) is 1. The largest absolute Gasteiger partial charge is 0.396 e. The van der Waals surface area contributed by atoms with Crippen LogP contribution in [0.2, 0.25) is 0 Å². The van der Waals surface area contributed by atoms with E-state index in [0.717, 1.165) is 13.0 Å². The van der Waals surface area contributed by atoms with Crippen molar-refractivity contribution in [3.05, 3.63) is 11.6 Å². The van der Waals surface area contributed by atoms with Crippen LogP contribution in [0.3, 0.4) is 0 Å². The Morgan fingerprint density at radius 3 is 2.83 bits per heavy atom. The van der Waals surface area contributed by atoms with Crippen LogP contribution in [-0.2, 0) is 4.74 Å². The van der Waals surface area contributed by atoms with Crippen molar-refractivity contribution in [3.63, 3.8) is 0 Å². The molecular formula is C10H18O2. The van der Waals surface area contributed by atoms with Crippen LogP contribution >= 0.6 is 0 Å². The van der Waals surface area contributed by atoms with Gasteiger partial charge in [-0.3, -0.25) is 0 Å². The fraction of sp³-hybridized carbons (Fsp3) is 0.800. The molecule has 0 radical (unpaired) electrons. The minimum atomic E-state index is -0.151. The van der Waals surface area contributed by atoms with E-state index in [1.54, 1.807) is 0 Å². The highest BCUT2D eigenvalue weighted by molar-refractivity contribution is 5.08. The van der Waals surface area contributed by atoms with Crippen LogP contribution in [0.1, 0.15) is 27.2 Å². The van der Waals surface area contributed by atoms with Gasteiger partial charge in [-0.1, -0.05) is 25.5 Å². The molecule has 2 heteroatoms. The van der Waals surface area contributed by atoms with Gasteiger partial charge in [-0.25, -0.2) is 0 Å². The second-order valence-corrected chi connectivity index (χ2v) is 4.20. The van der Waals surface area contributed by atoms with Crippen LogP contribution < -0.4 is 0 Å². The number of hydrogen-bond acceptors (Lipinski definition) is 2. The molecule has 1 atom stereocenters. The molecule has 1 heterocycles. The number of hydrogen-bond donors (Lipinski definition) is 1. The molecule has 0 saturated carbocycles. The molecule has 0 aliphatic carbocycles. The van der Waals surface area contributed by atoms with Crippen LogP contribution in [0.25, 0.3) is 0 Å². The molecular weight excluding hydrogens is 152 g/mol. The van der Waals surface area contributed by atoms with Gasteiger partial charge in [0.05, 0.1) is 19.3 Å². The first-order valence-electron chi connectivity index (χ1n) is 4.46. The van der Waals surface area contributed by atoms with Crippen LogP contribution in [-0.4, -0.2) is 24.4 Å². The second-order valence-electron chi connectivity index (χ2n) is 4.20. The van der Waals surface area contributed by atoms with Crippen LogP contribution in [0, 0.1) is 5.41 Å². The monoisotopic (exact) mass is 170 g/mol. The standard InChI is InChI=1S/C10H18O2/c1-8-4-5-12-9(6-8)10(2,3)7-11/h6,9,11H,4-5,7H2,1-3H3. The van der Waals surface area contributed by atoms with Crippen molar-refractivity contribution in [2.24, 2.45) is 5.41 Å². The fourth-order valence-electron chi connectivity index (χ4n) is 1.28. The van der Waals surface area contributed by atoms with Gasteiger partial charge in [-0.15, -0.1) is 0 Å². The van der Waals surface area contributed by atoms with Crippen molar-refractivity contribution in [2.75, 3.05) is 13.2 Å². The summed E-state index contributed by atoms with van der Waals surface area (Å²) in [4.78, 5) is 0. The van der Waals surface area contributed by atoms with Crippen LogP contribution in [0.5, 0.6) is 0 Å². The van der Waals surface area contributed by atoms with Gasteiger partial charge < -0.3 is 9.84 Å². The SMILES string of the molecule is CC1=CC(C(C)(C)CO)OCC1. The van der Waals surface area contributed by atoms with Gasteiger partial charge in [-0.2, -0.15) is 0 Å². The summed E-state index contributed by atoms with van der Waals surface area (Å²) in [6.07, 6.45) is 3.23. The molecule has 0 bridgehead atoms. The van der Waals surface area contributed by atoms with Crippen molar-refractivity contribution in [3.8, 4) is 0 Å². The summed E-state index contributed by atoms with van der Waals surface area (Å²) in [7, 11) is 0. The third-order valence-electron chi connectivity index (χ3n) is 2.41. The van der Waals surface area contributed by atoms with Gasteiger partial charge in [0.25, 0.3) is 0 Å². The molecule has 1 aliphatic rings. The Bertz CT molecular complexity index is 182. The molecule has 12 heavy (non-hydrogen) atoms. The molecule has 0 amide bonds. The number of aliphatic hydroxyl groups excluding tert-OH is 1. The third kappa shape index (κ3) is 2.08. The highest BCUT2D eigenvalue weighted by Crippen LogP contribution is 2.27. The Kier molecular flexibility index (Phi) is 2.91. The maximum Gasteiger partial charge on any atom is 0.0831 e. The summed E-state index contributed by atoms with van der Waals surface area (Å²) in [5.74, 6) is 0. The Balaban J connectivity index is 2.68. The first kappa shape index (κ1) is 9.75. The van der Waals surface area contributed by atoms with Gasteiger partial charge in [0.1, 0.15) is 0 Å². The second kappa shape index (κ2) is 3.58. The Labute approximate surface area is 74.2 Å². The lowest BCUT2D eigenvalue weighted by Crippen LogP contribution is -2.35. The molecule has 0 spiro atoms. The average Bonchev–Trinajstić information content (AvgIpc) is 2.05. The van der Waals surface area contributed by atoms with Crippen molar-refractivity contribution >= 4 is 0 Å². The summed E-state index contributed by atoms with van der Waals surface area (Å²) >= 11 is 0. The highest BCUT2D eigenvalue weighted by atomic mass is 16.5. The topological polar surface area (TPSA) is 29.5 Å². The molecule has 0 aromatic rings. The first-order valence-corrected chi connectivity index (χ1v) is 4.46. The van der Waals surface area contributed by atoms with Crippen molar-refractivity contribution in [1.29, 1.82) is 0 Å². The molecule has 1 N–H and O–H groups in total. The number of rotatable bonds is 2. The van der Waals surface area contributed by atoms with E-state index in [9.17, 15) is 0 Å². The normalized spacial score (nSPS) is 25.3. The van der Waals surface area contributed by atoms with E-state index in [-0.39, 0.29) is 18.1 Å². The molecule has 70 valence electrons. The highest BCUT2D eigenvalue weighted by Gasteiger charge is 2.29. The lowest BCUT2D eigenvalue weighted by atomic mass is 9.85. The lowest BCUT2D eigenvalue weighted by molar-refractivity contribution is -0.0261.